The summed E-state index contributed by atoms with van der Waals surface area (Å²) in [4.78, 5) is 13.3. The second kappa shape index (κ2) is 7.64. The predicted octanol–water partition coefficient (Wildman–Crippen LogP) is 3.55. The monoisotopic (exact) mass is 293 g/mol. The van der Waals surface area contributed by atoms with E-state index in [2.05, 4.69) is 17.0 Å². The van der Waals surface area contributed by atoms with Gasteiger partial charge in [-0.15, -0.1) is 0 Å². The zero-order valence-corrected chi connectivity index (χ0v) is 13.2. The molecule has 1 fully saturated rings. The molecule has 1 aromatic heterocycles. The molecule has 21 heavy (non-hydrogen) atoms. The number of furan rings is 1. The van der Waals surface area contributed by atoms with E-state index in [-0.39, 0.29) is 5.92 Å². The van der Waals surface area contributed by atoms with Gasteiger partial charge in [0.15, 0.2) is 0 Å². The van der Waals surface area contributed by atoms with Gasteiger partial charge in [0, 0.05) is 6.42 Å². The Labute approximate surface area is 127 Å². The molecule has 0 aromatic carbocycles. The van der Waals surface area contributed by atoms with Crippen molar-refractivity contribution in [3.8, 4) is 0 Å². The summed E-state index contributed by atoms with van der Waals surface area (Å²) in [6, 6.07) is 4.13. The highest BCUT2D eigenvalue weighted by Gasteiger charge is 2.22. The summed E-state index contributed by atoms with van der Waals surface area (Å²) in [6.07, 6.45) is 6.97. The Bertz CT molecular complexity index is 453. The minimum atomic E-state index is -0.623. The number of nitrogens with zero attached hydrogens (tertiary/aromatic N) is 1. The summed E-state index contributed by atoms with van der Waals surface area (Å²) in [5, 5.41) is 9.20. The summed E-state index contributed by atoms with van der Waals surface area (Å²) < 4.78 is 5.89. The molecule has 2 rings (SSSR count). The molecule has 0 amide bonds. The van der Waals surface area contributed by atoms with Crippen LogP contribution in [0.2, 0.25) is 0 Å². The van der Waals surface area contributed by atoms with Gasteiger partial charge in [-0.3, -0.25) is 4.79 Å². The molecule has 1 aromatic rings. The molecule has 0 bridgehead atoms. The second-order valence-electron chi connectivity index (χ2n) is 6.57. The van der Waals surface area contributed by atoms with E-state index in [9.17, 15) is 9.90 Å². The maximum atomic E-state index is 11.2. The van der Waals surface area contributed by atoms with E-state index in [1.165, 1.54) is 6.42 Å². The zero-order chi connectivity index (χ0) is 15.2. The van der Waals surface area contributed by atoms with E-state index < -0.39 is 5.97 Å². The molecule has 4 nitrogen and oxygen atoms in total. The molecule has 4 heteroatoms. The highest BCUT2D eigenvalue weighted by atomic mass is 16.4. The van der Waals surface area contributed by atoms with Gasteiger partial charge < -0.3 is 14.4 Å². The molecule has 0 radical (unpaired) electrons. The maximum absolute atomic E-state index is 11.2. The molecule has 1 saturated carbocycles. The van der Waals surface area contributed by atoms with Crippen LogP contribution in [-0.4, -0.2) is 30.1 Å². The Balaban J connectivity index is 1.88. The Morgan fingerprint density at radius 1 is 1.19 bits per heavy atom. The molecule has 118 valence electrons. The van der Waals surface area contributed by atoms with Crippen molar-refractivity contribution < 1.29 is 14.3 Å². The molecule has 1 aliphatic rings. The van der Waals surface area contributed by atoms with Crippen LogP contribution in [-0.2, 0) is 17.8 Å². The van der Waals surface area contributed by atoms with Crippen LogP contribution in [0.15, 0.2) is 16.5 Å². The third-order valence-corrected chi connectivity index (χ3v) is 4.37. The number of aliphatic carboxylic acids is 1. The molecule has 1 N–H and O–H groups in total. The smallest absolute Gasteiger partial charge is 0.306 e. The highest BCUT2D eigenvalue weighted by molar-refractivity contribution is 5.69. The Morgan fingerprint density at radius 3 is 2.62 bits per heavy atom. The Morgan fingerprint density at radius 2 is 1.90 bits per heavy atom. The summed E-state index contributed by atoms with van der Waals surface area (Å²) in [7, 11) is 4.06. The highest BCUT2D eigenvalue weighted by Crippen LogP contribution is 2.29. The predicted molar refractivity (Wildman–Crippen MR) is 82.1 cm³/mol. The lowest BCUT2D eigenvalue weighted by atomic mass is 9.83. The normalized spacial score (nSPS) is 23.8. The molecule has 0 saturated heterocycles. The Hall–Kier alpha value is -1.29. The number of hydrogen-bond donors (Lipinski definition) is 1. The number of rotatable bonds is 5. The van der Waals surface area contributed by atoms with E-state index in [0.717, 1.165) is 56.6 Å². The molecule has 0 spiro atoms. The van der Waals surface area contributed by atoms with Gasteiger partial charge in [-0.05, 0) is 51.4 Å². The van der Waals surface area contributed by atoms with Crippen molar-refractivity contribution in [2.75, 3.05) is 14.1 Å². The van der Waals surface area contributed by atoms with Gasteiger partial charge >= 0.3 is 5.97 Å². The van der Waals surface area contributed by atoms with Crippen LogP contribution in [0, 0.1) is 11.8 Å². The average molecular weight is 293 g/mol. The first-order valence-corrected chi connectivity index (χ1v) is 7.99. The number of carboxylic acids is 1. The standard InChI is InChI=1S/C17H27NO3/c1-18(2)12-16-10-9-15(21-16)11-13-5-3-4-6-14(8-7-13)17(19)20/h9-10,13-14H,3-8,11-12H2,1-2H3,(H,19,20). The number of carbonyl (C=O) groups is 1. The summed E-state index contributed by atoms with van der Waals surface area (Å²) in [5.74, 6) is 1.84. The minimum Gasteiger partial charge on any atom is -0.481 e. The second-order valence-corrected chi connectivity index (χ2v) is 6.57. The lowest BCUT2D eigenvalue weighted by Crippen LogP contribution is -2.18. The SMILES string of the molecule is CN(C)Cc1ccc(CC2CCCCC(C(=O)O)CC2)o1. The van der Waals surface area contributed by atoms with Gasteiger partial charge in [0.25, 0.3) is 0 Å². The third kappa shape index (κ3) is 5.20. The van der Waals surface area contributed by atoms with E-state index in [4.69, 9.17) is 4.42 Å². The number of carboxylic acid groups (broad SMARTS) is 1. The largest absolute Gasteiger partial charge is 0.481 e. The quantitative estimate of drug-likeness (QED) is 0.902. The minimum absolute atomic E-state index is 0.145. The van der Waals surface area contributed by atoms with Crippen molar-refractivity contribution in [2.45, 2.75) is 51.5 Å². The van der Waals surface area contributed by atoms with Crippen molar-refractivity contribution in [1.29, 1.82) is 0 Å². The first-order chi connectivity index (χ1) is 10.0. The van der Waals surface area contributed by atoms with Crippen molar-refractivity contribution >= 4 is 5.97 Å². The van der Waals surface area contributed by atoms with Gasteiger partial charge in [-0.2, -0.15) is 0 Å². The van der Waals surface area contributed by atoms with Gasteiger partial charge in [-0.25, -0.2) is 0 Å². The van der Waals surface area contributed by atoms with E-state index in [1.807, 2.05) is 14.1 Å². The van der Waals surface area contributed by atoms with Crippen molar-refractivity contribution in [1.82, 2.24) is 4.90 Å². The average Bonchev–Trinajstić information content (AvgIpc) is 2.79. The van der Waals surface area contributed by atoms with Crippen LogP contribution >= 0.6 is 0 Å². The van der Waals surface area contributed by atoms with Crippen LogP contribution in [0.1, 0.15) is 50.0 Å². The molecular weight excluding hydrogens is 266 g/mol. The molecule has 0 aliphatic heterocycles. The molecule has 1 aliphatic carbocycles. The Kier molecular flexibility index (Phi) is 5.85. The van der Waals surface area contributed by atoms with Gasteiger partial charge in [0.1, 0.15) is 11.5 Å². The molecule has 2 unspecified atom stereocenters. The summed E-state index contributed by atoms with van der Waals surface area (Å²) in [6.45, 7) is 0.825. The topological polar surface area (TPSA) is 53.7 Å². The zero-order valence-electron chi connectivity index (χ0n) is 13.2. The summed E-state index contributed by atoms with van der Waals surface area (Å²) in [5.41, 5.74) is 0. The van der Waals surface area contributed by atoms with Crippen LogP contribution < -0.4 is 0 Å². The van der Waals surface area contributed by atoms with E-state index in [0.29, 0.717) is 5.92 Å². The molecular formula is C17H27NO3. The fourth-order valence-electron chi connectivity index (χ4n) is 3.21. The fourth-order valence-corrected chi connectivity index (χ4v) is 3.21. The summed E-state index contributed by atoms with van der Waals surface area (Å²) >= 11 is 0. The first kappa shape index (κ1) is 16.1. The van der Waals surface area contributed by atoms with Gasteiger partial charge in [0.05, 0.1) is 12.5 Å². The lowest BCUT2D eigenvalue weighted by Gasteiger charge is -2.22. The third-order valence-electron chi connectivity index (χ3n) is 4.37. The fraction of sp³-hybridized carbons (Fsp3) is 0.706. The molecule has 1 heterocycles. The number of hydrogen-bond acceptors (Lipinski definition) is 3. The lowest BCUT2D eigenvalue weighted by molar-refractivity contribution is -0.142. The molecule has 2 atom stereocenters. The van der Waals surface area contributed by atoms with Gasteiger partial charge in [-0.1, -0.05) is 19.3 Å². The van der Waals surface area contributed by atoms with Crippen molar-refractivity contribution in [2.24, 2.45) is 11.8 Å². The first-order valence-electron chi connectivity index (χ1n) is 7.99. The van der Waals surface area contributed by atoms with Gasteiger partial charge in [0.2, 0.25) is 0 Å². The maximum Gasteiger partial charge on any atom is 0.306 e. The van der Waals surface area contributed by atoms with Crippen molar-refractivity contribution in [3.05, 3.63) is 23.7 Å². The van der Waals surface area contributed by atoms with Crippen LogP contribution in [0.25, 0.3) is 0 Å². The van der Waals surface area contributed by atoms with E-state index in [1.54, 1.807) is 0 Å². The van der Waals surface area contributed by atoms with E-state index >= 15 is 0 Å². The van der Waals surface area contributed by atoms with Crippen LogP contribution in [0.5, 0.6) is 0 Å². The van der Waals surface area contributed by atoms with Crippen molar-refractivity contribution in [3.63, 3.8) is 0 Å². The van der Waals surface area contributed by atoms with Crippen LogP contribution in [0.3, 0.4) is 0 Å². The van der Waals surface area contributed by atoms with Crippen LogP contribution in [0.4, 0.5) is 0 Å².